The third-order valence-electron chi connectivity index (χ3n) is 4.78. The Balaban J connectivity index is 1.42. The summed E-state index contributed by atoms with van der Waals surface area (Å²) in [5.74, 6) is 0.624. The summed E-state index contributed by atoms with van der Waals surface area (Å²) < 4.78 is 10.9. The third-order valence-corrected chi connectivity index (χ3v) is 4.78. The van der Waals surface area contributed by atoms with Crippen LogP contribution in [0.15, 0.2) is 59.2 Å². The zero-order valence-electron chi connectivity index (χ0n) is 17.5. The number of carbonyl (C=O) groups is 2. The van der Waals surface area contributed by atoms with E-state index in [9.17, 15) is 9.59 Å². The van der Waals surface area contributed by atoms with E-state index in [0.717, 1.165) is 11.3 Å². The molecular weight excluding hydrogens is 380 g/mol. The first kappa shape index (κ1) is 21.2. The molecule has 2 aromatic carbocycles. The average molecular weight is 406 g/mol. The second kappa shape index (κ2) is 9.78. The zero-order valence-corrected chi connectivity index (χ0v) is 17.5. The van der Waals surface area contributed by atoms with Crippen molar-refractivity contribution in [2.45, 2.75) is 27.2 Å². The van der Waals surface area contributed by atoms with E-state index in [1.165, 1.54) is 17.4 Å². The summed E-state index contributed by atoms with van der Waals surface area (Å²) >= 11 is 0. The van der Waals surface area contributed by atoms with Crippen molar-refractivity contribution in [3.8, 4) is 5.75 Å². The van der Waals surface area contributed by atoms with Gasteiger partial charge in [0.15, 0.2) is 5.76 Å². The van der Waals surface area contributed by atoms with E-state index in [-0.39, 0.29) is 17.6 Å². The largest absolute Gasteiger partial charge is 0.493 e. The molecule has 3 rings (SSSR count). The highest BCUT2D eigenvalue weighted by Gasteiger charge is 2.10. The lowest BCUT2D eigenvalue weighted by molar-refractivity contribution is 0.0950. The number of nitrogens with one attached hydrogen (secondary N) is 2. The first-order valence-electron chi connectivity index (χ1n) is 9.88. The Hall–Kier alpha value is -3.54. The van der Waals surface area contributed by atoms with Crippen molar-refractivity contribution < 1.29 is 18.7 Å². The minimum Gasteiger partial charge on any atom is -0.493 e. The summed E-state index contributed by atoms with van der Waals surface area (Å²) in [4.78, 5) is 24.2. The molecule has 0 saturated heterocycles. The van der Waals surface area contributed by atoms with Crippen LogP contribution in [0.25, 0.3) is 0 Å². The number of hydrogen-bond acceptors (Lipinski definition) is 4. The molecule has 0 saturated carbocycles. The summed E-state index contributed by atoms with van der Waals surface area (Å²) in [5, 5.41) is 5.60. The van der Waals surface area contributed by atoms with Crippen LogP contribution in [0.1, 0.15) is 44.0 Å². The SMILES string of the molecule is Cc1cc(C)c(C)c(OCCCNC(=O)c2ccc(NC(=O)c3ccco3)cc2)c1. The standard InChI is InChI=1S/C24H26N2O4/c1-16-14-17(2)18(3)22(15-16)30-13-5-11-25-23(27)19-7-9-20(10-8-19)26-24(28)21-6-4-12-29-21/h4,6-10,12,14-15H,5,11,13H2,1-3H3,(H,25,27)(H,26,28). The normalized spacial score (nSPS) is 10.5. The molecule has 0 aliphatic rings. The van der Waals surface area contributed by atoms with Gasteiger partial charge in [-0.15, -0.1) is 0 Å². The van der Waals surface area contributed by atoms with Crippen LogP contribution in [0.5, 0.6) is 5.75 Å². The lowest BCUT2D eigenvalue weighted by Crippen LogP contribution is -2.25. The van der Waals surface area contributed by atoms with Crippen LogP contribution >= 0.6 is 0 Å². The molecule has 0 unspecified atom stereocenters. The Morgan fingerprint density at radius 1 is 1.00 bits per heavy atom. The molecule has 0 aliphatic carbocycles. The maximum Gasteiger partial charge on any atom is 0.291 e. The van der Waals surface area contributed by atoms with E-state index in [4.69, 9.17) is 9.15 Å². The fraction of sp³-hybridized carbons (Fsp3) is 0.250. The highest BCUT2D eigenvalue weighted by atomic mass is 16.5. The number of amides is 2. The van der Waals surface area contributed by atoms with Crippen LogP contribution < -0.4 is 15.4 Å². The van der Waals surface area contributed by atoms with Gasteiger partial charge in [0, 0.05) is 17.8 Å². The molecule has 1 heterocycles. The number of aryl methyl sites for hydroxylation is 2. The number of carbonyl (C=O) groups excluding carboxylic acids is 2. The van der Waals surface area contributed by atoms with Crippen LogP contribution in [0.2, 0.25) is 0 Å². The maximum atomic E-state index is 12.3. The minimum absolute atomic E-state index is 0.165. The quantitative estimate of drug-likeness (QED) is 0.533. The summed E-state index contributed by atoms with van der Waals surface area (Å²) in [6.07, 6.45) is 2.14. The highest BCUT2D eigenvalue weighted by molar-refractivity contribution is 6.02. The van der Waals surface area contributed by atoms with E-state index in [1.54, 1.807) is 36.4 Å². The molecule has 0 bridgehead atoms. The first-order chi connectivity index (χ1) is 14.4. The van der Waals surface area contributed by atoms with Gasteiger partial charge in [-0.3, -0.25) is 9.59 Å². The van der Waals surface area contributed by atoms with Crippen molar-refractivity contribution in [3.63, 3.8) is 0 Å². The molecule has 1 aromatic heterocycles. The Labute approximate surface area is 176 Å². The maximum absolute atomic E-state index is 12.3. The van der Waals surface area contributed by atoms with Gasteiger partial charge >= 0.3 is 0 Å². The number of ether oxygens (including phenoxy) is 1. The zero-order chi connectivity index (χ0) is 21.5. The molecule has 2 N–H and O–H groups in total. The smallest absolute Gasteiger partial charge is 0.291 e. The van der Waals surface area contributed by atoms with Gasteiger partial charge in [0.2, 0.25) is 0 Å². The highest BCUT2D eigenvalue weighted by Crippen LogP contribution is 2.23. The number of rotatable bonds is 8. The Morgan fingerprint density at radius 2 is 1.77 bits per heavy atom. The number of furan rings is 1. The Bertz CT molecular complexity index is 1010. The van der Waals surface area contributed by atoms with Gasteiger partial charge in [-0.2, -0.15) is 0 Å². The van der Waals surface area contributed by atoms with Gasteiger partial charge in [0.1, 0.15) is 5.75 Å². The van der Waals surface area contributed by atoms with Crippen LogP contribution in [0.3, 0.4) is 0 Å². The Morgan fingerprint density at radius 3 is 2.47 bits per heavy atom. The first-order valence-corrected chi connectivity index (χ1v) is 9.88. The van der Waals surface area contributed by atoms with Crippen LogP contribution in [0.4, 0.5) is 5.69 Å². The number of anilines is 1. The molecule has 0 atom stereocenters. The second-order valence-electron chi connectivity index (χ2n) is 7.17. The second-order valence-corrected chi connectivity index (χ2v) is 7.17. The fourth-order valence-corrected chi connectivity index (χ4v) is 3.01. The number of hydrogen-bond donors (Lipinski definition) is 2. The molecule has 156 valence electrons. The minimum atomic E-state index is -0.337. The molecule has 6 nitrogen and oxygen atoms in total. The average Bonchev–Trinajstić information content (AvgIpc) is 3.26. The summed E-state index contributed by atoms with van der Waals surface area (Å²) in [7, 11) is 0. The molecule has 30 heavy (non-hydrogen) atoms. The van der Waals surface area contributed by atoms with Gasteiger partial charge in [-0.25, -0.2) is 0 Å². The Kier molecular flexibility index (Phi) is 6.91. The fourth-order valence-electron chi connectivity index (χ4n) is 3.01. The molecular formula is C24H26N2O4. The van der Waals surface area contributed by atoms with Gasteiger partial charge in [0.05, 0.1) is 12.9 Å². The topological polar surface area (TPSA) is 80.6 Å². The van der Waals surface area contributed by atoms with Crippen molar-refractivity contribution in [3.05, 3.63) is 82.8 Å². The van der Waals surface area contributed by atoms with Crippen molar-refractivity contribution in [1.29, 1.82) is 0 Å². The van der Waals surface area contributed by atoms with Crippen LogP contribution in [0, 0.1) is 20.8 Å². The summed E-state index contributed by atoms with van der Waals surface area (Å²) in [6, 6.07) is 14.1. The van der Waals surface area contributed by atoms with Crippen molar-refractivity contribution in [2.24, 2.45) is 0 Å². The molecule has 0 fully saturated rings. The molecule has 3 aromatic rings. The molecule has 0 aliphatic heterocycles. The van der Waals surface area contributed by atoms with E-state index >= 15 is 0 Å². The molecule has 2 amide bonds. The van der Waals surface area contributed by atoms with Gasteiger partial charge < -0.3 is 19.8 Å². The predicted molar refractivity (Wildman–Crippen MR) is 116 cm³/mol. The lowest BCUT2D eigenvalue weighted by Gasteiger charge is -2.12. The molecule has 0 radical (unpaired) electrons. The monoisotopic (exact) mass is 406 g/mol. The van der Waals surface area contributed by atoms with Crippen LogP contribution in [-0.2, 0) is 0 Å². The number of benzene rings is 2. The van der Waals surface area contributed by atoms with Gasteiger partial charge in [-0.05, 0) is 86.3 Å². The van der Waals surface area contributed by atoms with E-state index in [2.05, 4.69) is 23.6 Å². The van der Waals surface area contributed by atoms with Crippen molar-refractivity contribution in [1.82, 2.24) is 5.32 Å². The lowest BCUT2D eigenvalue weighted by atomic mass is 10.1. The van der Waals surface area contributed by atoms with E-state index in [0.29, 0.717) is 30.8 Å². The third kappa shape index (κ3) is 5.50. The molecule has 0 spiro atoms. The van der Waals surface area contributed by atoms with E-state index in [1.807, 2.05) is 19.9 Å². The predicted octanol–water partition coefficient (Wildman–Crippen LogP) is 4.66. The van der Waals surface area contributed by atoms with Gasteiger partial charge in [-0.1, -0.05) is 6.07 Å². The van der Waals surface area contributed by atoms with E-state index < -0.39 is 0 Å². The van der Waals surface area contributed by atoms with Crippen molar-refractivity contribution in [2.75, 3.05) is 18.5 Å². The summed E-state index contributed by atoms with van der Waals surface area (Å²) in [5.41, 5.74) is 4.64. The van der Waals surface area contributed by atoms with Crippen molar-refractivity contribution >= 4 is 17.5 Å². The summed E-state index contributed by atoms with van der Waals surface area (Å²) in [6.45, 7) is 7.21. The molecule has 6 heteroatoms. The van der Waals surface area contributed by atoms with Gasteiger partial charge in [0.25, 0.3) is 11.8 Å². The van der Waals surface area contributed by atoms with Crippen LogP contribution in [-0.4, -0.2) is 25.0 Å².